The molecule has 0 radical (unpaired) electrons. The third-order valence-corrected chi connectivity index (χ3v) is 3.02. The normalized spacial score (nSPS) is 10.3. The molecule has 0 fully saturated rings. The third kappa shape index (κ3) is 3.97. The molecule has 5 heteroatoms. The van der Waals surface area contributed by atoms with Crippen LogP contribution in [0.4, 0.5) is 0 Å². The molecule has 0 aromatic heterocycles. The first kappa shape index (κ1) is 14.9. The van der Waals surface area contributed by atoms with E-state index < -0.39 is 5.91 Å². The Bertz CT molecular complexity index is 623. The van der Waals surface area contributed by atoms with Crippen LogP contribution in [0.1, 0.15) is 21.5 Å². The van der Waals surface area contributed by atoms with Crippen LogP contribution >= 0.6 is 0 Å². The molecule has 0 aliphatic carbocycles. The Kier molecular flexibility index (Phi) is 4.79. The van der Waals surface area contributed by atoms with Crippen molar-refractivity contribution in [3.63, 3.8) is 0 Å². The Morgan fingerprint density at radius 3 is 2.29 bits per heavy atom. The van der Waals surface area contributed by atoms with Crippen molar-refractivity contribution < 1.29 is 19.4 Å². The Morgan fingerprint density at radius 2 is 1.71 bits per heavy atom. The van der Waals surface area contributed by atoms with Gasteiger partial charge in [-0.25, -0.2) is 0 Å². The number of phenols is 1. The zero-order chi connectivity index (χ0) is 15.2. The van der Waals surface area contributed by atoms with E-state index in [1.165, 1.54) is 12.1 Å². The molecule has 0 bridgehead atoms. The zero-order valence-corrected chi connectivity index (χ0v) is 11.7. The van der Waals surface area contributed by atoms with E-state index in [4.69, 9.17) is 15.2 Å². The van der Waals surface area contributed by atoms with Crippen molar-refractivity contribution in [2.75, 3.05) is 7.11 Å². The van der Waals surface area contributed by atoms with Gasteiger partial charge in [0.2, 0.25) is 0 Å². The highest BCUT2D eigenvalue weighted by molar-refractivity contribution is 5.95. The molecule has 0 saturated carbocycles. The lowest BCUT2D eigenvalue weighted by Crippen LogP contribution is -2.11. The summed E-state index contributed by atoms with van der Waals surface area (Å²) in [5, 5.41) is 9.67. The Hall–Kier alpha value is -2.53. The topological polar surface area (TPSA) is 81.8 Å². The lowest BCUT2D eigenvalue weighted by atomic mass is 10.1. The summed E-state index contributed by atoms with van der Waals surface area (Å²) in [6.45, 7) is 0.779. The standard InChI is InChI=1S/C16H17NO4/c1-20-13-5-2-11(3-6-13)9-21-10-12-4-7-14(16(17)19)15(18)8-12/h2-8,18H,9-10H2,1H3,(H2,17,19). The van der Waals surface area contributed by atoms with Crippen molar-refractivity contribution in [2.24, 2.45) is 5.73 Å². The molecule has 21 heavy (non-hydrogen) atoms. The summed E-state index contributed by atoms with van der Waals surface area (Å²) >= 11 is 0. The molecule has 0 unspecified atom stereocenters. The highest BCUT2D eigenvalue weighted by atomic mass is 16.5. The quantitative estimate of drug-likeness (QED) is 0.853. The third-order valence-electron chi connectivity index (χ3n) is 3.02. The molecule has 2 aromatic carbocycles. The lowest BCUT2D eigenvalue weighted by molar-refractivity contribution is 0.0996. The first-order valence-electron chi connectivity index (χ1n) is 6.42. The van der Waals surface area contributed by atoms with Crippen molar-refractivity contribution >= 4 is 5.91 Å². The zero-order valence-electron chi connectivity index (χ0n) is 11.7. The number of ether oxygens (including phenoxy) is 2. The van der Waals surface area contributed by atoms with Gasteiger partial charge in [-0.1, -0.05) is 18.2 Å². The number of aromatic hydroxyl groups is 1. The number of amides is 1. The Morgan fingerprint density at radius 1 is 1.10 bits per heavy atom. The van der Waals surface area contributed by atoms with E-state index in [9.17, 15) is 9.90 Å². The van der Waals surface area contributed by atoms with Crippen LogP contribution < -0.4 is 10.5 Å². The number of rotatable bonds is 6. The molecule has 1 amide bonds. The SMILES string of the molecule is COc1ccc(COCc2ccc(C(N)=O)c(O)c2)cc1. The molecular weight excluding hydrogens is 270 g/mol. The van der Waals surface area contributed by atoms with E-state index in [1.807, 2.05) is 24.3 Å². The Labute approximate surface area is 122 Å². The van der Waals surface area contributed by atoms with Crippen molar-refractivity contribution in [1.82, 2.24) is 0 Å². The minimum absolute atomic E-state index is 0.105. The Balaban J connectivity index is 1.91. The number of hydrogen-bond acceptors (Lipinski definition) is 4. The molecule has 2 rings (SSSR count). The summed E-state index contributed by atoms with van der Waals surface area (Å²) in [6, 6.07) is 12.3. The molecule has 0 aliphatic heterocycles. The second-order valence-electron chi connectivity index (χ2n) is 4.56. The lowest BCUT2D eigenvalue weighted by Gasteiger charge is -2.07. The monoisotopic (exact) mass is 287 g/mol. The van der Waals surface area contributed by atoms with Gasteiger partial charge in [-0.3, -0.25) is 4.79 Å². The van der Waals surface area contributed by atoms with Gasteiger partial charge in [-0.05, 0) is 35.4 Å². The first-order chi connectivity index (χ1) is 10.1. The molecule has 3 N–H and O–H groups in total. The summed E-state index contributed by atoms with van der Waals surface area (Å²) in [7, 11) is 1.62. The molecule has 0 aliphatic rings. The smallest absolute Gasteiger partial charge is 0.252 e. The van der Waals surface area contributed by atoms with Crippen LogP contribution in [0.3, 0.4) is 0 Å². The van der Waals surface area contributed by atoms with Crippen LogP contribution in [0, 0.1) is 0 Å². The number of primary amides is 1. The van der Waals surface area contributed by atoms with Gasteiger partial charge in [0, 0.05) is 0 Å². The predicted molar refractivity (Wildman–Crippen MR) is 78.1 cm³/mol. The minimum atomic E-state index is -0.654. The molecule has 5 nitrogen and oxygen atoms in total. The van der Waals surface area contributed by atoms with Gasteiger partial charge in [0.05, 0.1) is 25.9 Å². The highest BCUT2D eigenvalue weighted by Gasteiger charge is 2.07. The van der Waals surface area contributed by atoms with Gasteiger partial charge in [-0.2, -0.15) is 0 Å². The predicted octanol–water partition coefficient (Wildman–Crippen LogP) is 2.22. The molecule has 110 valence electrons. The maximum Gasteiger partial charge on any atom is 0.252 e. The van der Waals surface area contributed by atoms with Gasteiger partial charge in [0.1, 0.15) is 11.5 Å². The number of methoxy groups -OCH3 is 1. The van der Waals surface area contributed by atoms with Gasteiger partial charge in [0.25, 0.3) is 5.91 Å². The van der Waals surface area contributed by atoms with Gasteiger partial charge < -0.3 is 20.3 Å². The fourth-order valence-corrected chi connectivity index (χ4v) is 1.88. The summed E-state index contributed by atoms with van der Waals surface area (Å²) < 4.78 is 10.6. The maximum absolute atomic E-state index is 11.0. The van der Waals surface area contributed by atoms with Crippen LogP contribution in [-0.2, 0) is 18.0 Å². The largest absolute Gasteiger partial charge is 0.507 e. The van der Waals surface area contributed by atoms with E-state index in [1.54, 1.807) is 13.2 Å². The average Bonchev–Trinajstić information content (AvgIpc) is 2.47. The molecule has 0 heterocycles. The van der Waals surface area contributed by atoms with E-state index in [0.29, 0.717) is 13.2 Å². The van der Waals surface area contributed by atoms with E-state index in [-0.39, 0.29) is 11.3 Å². The molecule has 0 atom stereocenters. The summed E-state index contributed by atoms with van der Waals surface area (Å²) in [6.07, 6.45) is 0. The summed E-state index contributed by atoms with van der Waals surface area (Å²) in [5.41, 5.74) is 7.02. The molecular formula is C16H17NO4. The van der Waals surface area contributed by atoms with Crippen LogP contribution in [-0.4, -0.2) is 18.1 Å². The second kappa shape index (κ2) is 6.76. The van der Waals surface area contributed by atoms with E-state index >= 15 is 0 Å². The minimum Gasteiger partial charge on any atom is -0.507 e. The highest BCUT2D eigenvalue weighted by Crippen LogP contribution is 2.19. The number of carbonyl (C=O) groups excluding carboxylic acids is 1. The number of benzene rings is 2. The maximum atomic E-state index is 11.0. The number of nitrogens with two attached hydrogens (primary N) is 1. The fourth-order valence-electron chi connectivity index (χ4n) is 1.88. The van der Waals surface area contributed by atoms with Crippen molar-refractivity contribution in [3.8, 4) is 11.5 Å². The van der Waals surface area contributed by atoms with E-state index in [0.717, 1.165) is 16.9 Å². The summed E-state index contributed by atoms with van der Waals surface area (Å²) in [4.78, 5) is 11.0. The van der Waals surface area contributed by atoms with Crippen LogP contribution in [0.2, 0.25) is 0 Å². The van der Waals surface area contributed by atoms with Crippen molar-refractivity contribution in [1.29, 1.82) is 0 Å². The van der Waals surface area contributed by atoms with Gasteiger partial charge in [0.15, 0.2) is 0 Å². The summed E-state index contributed by atoms with van der Waals surface area (Å²) in [5.74, 6) is 0.0111. The second-order valence-corrected chi connectivity index (χ2v) is 4.56. The van der Waals surface area contributed by atoms with Crippen molar-refractivity contribution in [3.05, 3.63) is 59.2 Å². The number of hydrogen-bond donors (Lipinski definition) is 2. The van der Waals surface area contributed by atoms with Crippen LogP contribution in [0.25, 0.3) is 0 Å². The van der Waals surface area contributed by atoms with Crippen LogP contribution in [0.5, 0.6) is 11.5 Å². The number of carbonyl (C=O) groups is 1. The van der Waals surface area contributed by atoms with Gasteiger partial charge >= 0.3 is 0 Å². The molecule has 2 aromatic rings. The van der Waals surface area contributed by atoms with Gasteiger partial charge in [-0.15, -0.1) is 0 Å². The molecule has 0 saturated heterocycles. The first-order valence-corrected chi connectivity index (χ1v) is 6.42. The van der Waals surface area contributed by atoms with Crippen molar-refractivity contribution in [2.45, 2.75) is 13.2 Å². The van der Waals surface area contributed by atoms with E-state index in [2.05, 4.69) is 0 Å². The van der Waals surface area contributed by atoms with Crippen LogP contribution in [0.15, 0.2) is 42.5 Å². The average molecular weight is 287 g/mol. The molecule has 0 spiro atoms. The fraction of sp³-hybridized carbons (Fsp3) is 0.188.